The van der Waals surface area contributed by atoms with E-state index >= 15 is 0 Å². The number of carbonyl (C=O) groups is 1. The summed E-state index contributed by atoms with van der Waals surface area (Å²) in [6.45, 7) is -0.458. The van der Waals surface area contributed by atoms with Gasteiger partial charge in [-0.2, -0.15) is 13.2 Å². The van der Waals surface area contributed by atoms with Crippen molar-refractivity contribution in [3.63, 3.8) is 0 Å². The Labute approximate surface area is 127 Å². The van der Waals surface area contributed by atoms with Gasteiger partial charge in [-0.05, 0) is 6.07 Å². The maximum Gasteiger partial charge on any atom is 0.418 e. The molecule has 1 aromatic carbocycles. The Morgan fingerprint density at radius 2 is 2.09 bits per heavy atom. The fraction of sp³-hybridized carbons (Fsp3) is 0.250. The van der Waals surface area contributed by atoms with Gasteiger partial charge >= 0.3 is 6.18 Å². The van der Waals surface area contributed by atoms with Gasteiger partial charge < -0.3 is 10.6 Å². The lowest BCUT2D eigenvalue weighted by molar-refractivity contribution is -0.384. The Morgan fingerprint density at radius 1 is 1.45 bits per heavy atom. The van der Waals surface area contributed by atoms with Crippen molar-refractivity contribution in [2.24, 2.45) is 0 Å². The molecule has 1 rings (SSSR count). The van der Waals surface area contributed by atoms with E-state index in [9.17, 15) is 28.1 Å². The van der Waals surface area contributed by atoms with Gasteiger partial charge in [0.05, 0.1) is 28.6 Å². The van der Waals surface area contributed by atoms with E-state index in [1.165, 1.54) is 0 Å². The molecule has 0 atom stereocenters. The SMILES string of the molecule is C#CCNC(=O)CNc1cc(Cl)c(C(F)(F)F)cc1[N+](=O)[O-]. The highest BCUT2D eigenvalue weighted by molar-refractivity contribution is 6.31. The summed E-state index contributed by atoms with van der Waals surface area (Å²) >= 11 is 5.48. The molecule has 0 spiro atoms. The van der Waals surface area contributed by atoms with Crippen LogP contribution in [0, 0.1) is 22.5 Å². The van der Waals surface area contributed by atoms with E-state index < -0.39 is 39.8 Å². The number of nitrogens with zero attached hydrogens (tertiary/aromatic N) is 1. The topological polar surface area (TPSA) is 84.3 Å². The quantitative estimate of drug-likeness (QED) is 0.492. The normalized spacial score (nSPS) is 10.7. The molecule has 118 valence electrons. The molecule has 0 aliphatic heterocycles. The van der Waals surface area contributed by atoms with Crippen LogP contribution >= 0.6 is 11.6 Å². The second-order valence-corrected chi connectivity index (χ2v) is 4.35. The Balaban J connectivity index is 3.05. The summed E-state index contributed by atoms with van der Waals surface area (Å²) in [4.78, 5) is 21.2. The highest BCUT2D eigenvalue weighted by Crippen LogP contribution is 2.40. The van der Waals surface area contributed by atoms with Gasteiger partial charge in [-0.3, -0.25) is 14.9 Å². The summed E-state index contributed by atoms with van der Waals surface area (Å²) in [5.41, 5.74) is -2.48. The average Bonchev–Trinajstić information content (AvgIpc) is 2.40. The molecule has 0 heterocycles. The van der Waals surface area contributed by atoms with E-state index in [1.807, 2.05) is 0 Å². The van der Waals surface area contributed by atoms with Crippen LogP contribution in [0.25, 0.3) is 0 Å². The molecule has 0 aliphatic carbocycles. The van der Waals surface area contributed by atoms with Crippen LogP contribution in [0.5, 0.6) is 0 Å². The molecule has 0 unspecified atom stereocenters. The van der Waals surface area contributed by atoms with E-state index in [-0.39, 0.29) is 12.2 Å². The van der Waals surface area contributed by atoms with Gasteiger partial charge in [-0.1, -0.05) is 17.5 Å². The first-order valence-electron chi connectivity index (χ1n) is 5.66. The number of nitro groups is 1. The number of terminal acetylenes is 1. The van der Waals surface area contributed by atoms with Crippen molar-refractivity contribution in [2.75, 3.05) is 18.4 Å². The van der Waals surface area contributed by atoms with Gasteiger partial charge in [-0.15, -0.1) is 6.42 Å². The number of amides is 1. The number of alkyl halides is 3. The minimum atomic E-state index is -4.83. The summed E-state index contributed by atoms with van der Waals surface area (Å²) in [7, 11) is 0. The van der Waals surface area contributed by atoms with Gasteiger partial charge in [-0.25, -0.2) is 0 Å². The summed E-state index contributed by atoms with van der Waals surface area (Å²) < 4.78 is 38.0. The highest BCUT2D eigenvalue weighted by Gasteiger charge is 2.36. The maximum absolute atomic E-state index is 12.7. The molecule has 1 amide bonds. The van der Waals surface area contributed by atoms with E-state index in [2.05, 4.69) is 16.6 Å². The number of rotatable bonds is 5. The Kier molecular flexibility index (Phi) is 5.59. The van der Waals surface area contributed by atoms with Crippen molar-refractivity contribution in [2.45, 2.75) is 6.18 Å². The van der Waals surface area contributed by atoms with Crippen LogP contribution in [0.2, 0.25) is 5.02 Å². The number of benzene rings is 1. The number of halogens is 4. The minimum absolute atomic E-state index is 0.0453. The van der Waals surface area contributed by atoms with Gasteiger partial charge in [0.1, 0.15) is 5.69 Å². The lowest BCUT2D eigenvalue weighted by atomic mass is 10.1. The Bertz CT molecular complexity index is 641. The Morgan fingerprint density at radius 3 is 2.59 bits per heavy atom. The van der Waals surface area contributed by atoms with Crippen LogP contribution in [0.15, 0.2) is 12.1 Å². The monoisotopic (exact) mass is 335 g/mol. The molecule has 0 radical (unpaired) electrons. The predicted molar refractivity (Wildman–Crippen MR) is 73.4 cm³/mol. The summed E-state index contributed by atoms with van der Waals surface area (Å²) in [5.74, 6) is 1.57. The summed E-state index contributed by atoms with van der Waals surface area (Å²) in [5, 5.41) is 14.8. The molecule has 1 aromatic rings. The zero-order valence-corrected chi connectivity index (χ0v) is 11.6. The summed E-state index contributed by atoms with van der Waals surface area (Å²) in [6.07, 6.45) is 0.0979. The highest BCUT2D eigenvalue weighted by atomic mass is 35.5. The predicted octanol–water partition coefficient (Wildman–Crippen LogP) is 2.43. The molecule has 22 heavy (non-hydrogen) atoms. The van der Waals surface area contributed by atoms with E-state index in [1.54, 1.807) is 0 Å². The summed E-state index contributed by atoms with van der Waals surface area (Å²) in [6, 6.07) is 1.06. The Hall–Kier alpha value is -2.47. The van der Waals surface area contributed by atoms with E-state index in [0.717, 1.165) is 6.07 Å². The maximum atomic E-state index is 12.7. The average molecular weight is 336 g/mol. The third kappa shape index (κ3) is 4.53. The van der Waals surface area contributed by atoms with Crippen LogP contribution in [0.1, 0.15) is 5.56 Å². The van der Waals surface area contributed by atoms with Crippen molar-refractivity contribution < 1.29 is 22.9 Å². The van der Waals surface area contributed by atoms with Crippen LogP contribution in [-0.4, -0.2) is 23.9 Å². The molecule has 0 saturated heterocycles. The standard InChI is InChI=1S/C12H9ClF3N3O3/c1-2-3-17-11(20)6-18-9-5-8(13)7(12(14,15)16)4-10(9)19(21)22/h1,4-5,18H,3,6H2,(H,17,20). The lowest BCUT2D eigenvalue weighted by Gasteiger charge is -2.12. The van der Waals surface area contributed by atoms with Crippen LogP contribution in [0.4, 0.5) is 24.5 Å². The first-order chi connectivity index (χ1) is 10.2. The number of nitrogens with one attached hydrogen (secondary N) is 2. The molecule has 6 nitrogen and oxygen atoms in total. The molecule has 0 saturated carbocycles. The third-order valence-corrected chi connectivity index (χ3v) is 2.73. The molecule has 2 N–H and O–H groups in total. The molecule has 0 aromatic heterocycles. The lowest BCUT2D eigenvalue weighted by Crippen LogP contribution is -2.30. The number of carbonyl (C=O) groups excluding carboxylic acids is 1. The molecular formula is C12H9ClF3N3O3. The van der Waals surface area contributed by atoms with Crippen molar-refractivity contribution in [3.05, 3.63) is 32.8 Å². The number of nitro benzene ring substituents is 1. The number of anilines is 1. The van der Waals surface area contributed by atoms with Gasteiger partial charge in [0.15, 0.2) is 0 Å². The first kappa shape index (κ1) is 17.6. The molecule has 0 bridgehead atoms. The molecule has 0 fully saturated rings. The fourth-order valence-electron chi connectivity index (χ4n) is 1.46. The largest absolute Gasteiger partial charge is 0.418 e. The van der Waals surface area contributed by atoms with Crippen molar-refractivity contribution >= 4 is 28.9 Å². The number of hydrogen-bond donors (Lipinski definition) is 2. The smallest absolute Gasteiger partial charge is 0.371 e. The van der Waals surface area contributed by atoms with Gasteiger partial charge in [0, 0.05) is 6.07 Å². The van der Waals surface area contributed by atoms with Crippen molar-refractivity contribution in [1.82, 2.24) is 5.32 Å². The second-order valence-electron chi connectivity index (χ2n) is 3.94. The van der Waals surface area contributed by atoms with E-state index in [4.69, 9.17) is 18.0 Å². The molecule has 0 aliphatic rings. The molecule has 10 heteroatoms. The first-order valence-corrected chi connectivity index (χ1v) is 6.03. The molecular weight excluding hydrogens is 327 g/mol. The fourth-order valence-corrected chi connectivity index (χ4v) is 1.73. The zero-order valence-electron chi connectivity index (χ0n) is 10.8. The van der Waals surface area contributed by atoms with Crippen LogP contribution in [0.3, 0.4) is 0 Å². The van der Waals surface area contributed by atoms with E-state index in [0.29, 0.717) is 6.07 Å². The zero-order chi connectivity index (χ0) is 16.9. The van der Waals surface area contributed by atoms with Crippen LogP contribution < -0.4 is 10.6 Å². The van der Waals surface area contributed by atoms with Crippen molar-refractivity contribution in [1.29, 1.82) is 0 Å². The van der Waals surface area contributed by atoms with Crippen LogP contribution in [-0.2, 0) is 11.0 Å². The number of hydrogen-bond acceptors (Lipinski definition) is 4. The minimum Gasteiger partial charge on any atom is -0.371 e. The second kappa shape index (κ2) is 7.00. The van der Waals surface area contributed by atoms with Gasteiger partial charge in [0.2, 0.25) is 5.91 Å². The third-order valence-electron chi connectivity index (χ3n) is 2.41. The van der Waals surface area contributed by atoms with Gasteiger partial charge in [0.25, 0.3) is 5.69 Å². The van der Waals surface area contributed by atoms with Crippen molar-refractivity contribution in [3.8, 4) is 12.3 Å².